The molecule has 0 amide bonds. The Morgan fingerprint density at radius 3 is 1.20 bits per heavy atom. The zero-order valence-electron chi connectivity index (χ0n) is 31.6. The highest BCUT2D eigenvalue weighted by molar-refractivity contribution is 7.14. The summed E-state index contributed by atoms with van der Waals surface area (Å²) in [5, 5.41) is 27.1. The molecule has 312 valence electrons. The summed E-state index contributed by atoms with van der Waals surface area (Å²) in [5.74, 6) is 0.994. The van der Waals surface area contributed by atoms with Gasteiger partial charge in [0.1, 0.15) is 44.4 Å². The van der Waals surface area contributed by atoms with Gasteiger partial charge in [0.05, 0.1) is 25.2 Å². The number of aromatic nitrogens is 6. The third kappa shape index (κ3) is 10.6. The van der Waals surface area contributed by atoms with Crippen molar-refractivity contribution in [2.24, 2.45) is 10.3 Å². The molecule has 14 nitrogen and oxygen atoms in total. The molecule has 0 spiro atoms. The van der Waals surface area contributed by atoms with Crippen molar-refractivity contribution in [3.05, 3.63) is 106 Å². The van der Waals surface area contributed by atoms with Crippen molar-refractivity contribution < 1.29 is 55.0 Å². The van der Waals surface area contributed by atoms with Crippen LogP contribution in [0, 0.1) is 13.8 Å². The molecule has 0 N–H and O–H groups in total. The van der Waals surface area contributed by atoms with Gasteiger partial charge in [0.15, 0.2) is 21.2 Å². The Bertz CT molecular complexity index is 2310. The van der Waals surface area contributed by atoms with Gasteiger partial charge in [-0.05, 0) is 87.4 Å². The molecular formula is C38H30F6N8O6S2. The average molecular weight is 873 g/mol. The molecule has 0 saturated heterocycles. The van der Waals surface area contributed by atoms with Gasteiger partial charge in [-0.25, -0.2) is 9.97 Å². The number of benzene rings is 2. The summed E-state index contributed by atoms with van der Waals surface area (Å²) in [6, 6.07) is 17.9. The number of halogens is 6. The second-order valence-electron chi connectivity index (χ2n) is 13.3. The van der Waals surface area contributed by atoms with E-state index in [1.807, 2.05) is 13.8 Å². The Balaban J connectivity index is 0.000000181. The first-order chi connectivity index (χ1) is 28.4. The summed E-state index contributed by atoms with van der Waals surface area (Å²) in [6.07, 6.45) is -5.79. The van der Waals surface area contributed by atoms with Crippen LogP contribution in [0.4, 0.5) is 26.3 Å². The summed E-state index contributed by atoms with van der Waals surface area (Å²) in [5.41, 5.74) is 0.902. The highest BCUT2D eigenvalue weighted by Gasteiger charge is 2.39. The second-order valence-corrected chi connectivity index (χ2v) is 15.7. The molecule has 2 atom stereocenters. The van der Waals surface area contributed by atoms with Crippen molar-refractivity contribution in [2.75, 3.05) is 0 Å². The molecule has 0 fully saturated rings. The Morgan fingerprint density at radius 2 is 0.900 bits per heavy atom. The number of nitrogens with zero attached hydrogens (tertiary/aromatic N) is 8. The third-order valence-corrected chi connectivity index (χ3v) is 10.2. The maximum Gasteiger partial charge on any atom is 0.573 e. The van der Waals surface area contributed by atoms with E-state index in [9.17, 15) is 26.3 Å². The fourth-order valence-corrected chi connectivity index (χ4v) is 6.99. The maximum absolute atomic E-state index is 12.3. The summed E-state index contributed by atoms with van der Waals surface area (Å²) >= 11 is 2.88. The van der Waals surface area contributed by atoms with Gasteiger partial charge in [-0.2, -0.15) is 0 Å². The molecule has 8 rings (SSSR count). The fourth-order valence-electron chi connectivity index (χ4n) is 5.65. The van der Waals surface area contributed by atoms with Crippen LogP contribution in [-0.4, -0.2) is 54.9 Å². The van der Waals surface area contributed by atoms with E-state index >= 15 is 0 Å². The van der Waals surface area contributed by atoms with Gasteiger partial charge in [-0.3, -0.25) is 0 Å². The molecule has 6 heterocycles. The average Bonchev–Trinajstić information content (AvgIpc) is 4.00. The van der Waals surface area contributed by atoms with Crippen LogP contribution >= 0.6 is 22.7 Å². The van der Waals surface area contributed by atoms with Gasteiger partial charge < -0.3 is 28.6 Å². The summed E-state index contributed by atoms with van der Waals surface area (Å²) in [6.45, 7) is 7.27. The number of rotatable bonds is 8. The van der Waals surface area contributed by atoms with E-state index < -0.39 is 23.9 Å². The number of pyridine rings is 2. The highest BCUT2D eigenvalue weighted by atomic mass is 32.1. The summed E-state index contributed by atoms with van der Waals surface area (Å²) in [7, 11) is 0. The van der Waals surface area contributed by atoms with E-state index in [2.05, 4.69) is 50.1 Å². The predicted molar refractivity (Wildman–Crippen MR) is 204 cm³/mol. The van der Waals surface area contributed by atoms with Crippen molar-refractivity contribution in [3.8, 4) is 44.4 Å². The number of alkyl halides is 6. The van der Waals surface area contributed by atoms with Gasteiger partial charge in [0, 0.05) is 0 Å². The standard InChI is InChI=1S/2C19H15F3N4O3S/c2*1-11-24-25-17(30-11)15-8-7-14(10-23-15)27-16-9-18(2,29-26-16)12-3-5-13(6-4-12)28-19(20,21)22/h2*3-8,10H,9H2,1-2H3/t2*18-/m10/s1. The minimum atomic E-state index is -4.74. The van der Waals surface area contributed by atoms with Gasteiger partial charge in [-0.1, -0.05) is 57.3 Å². The Hall–Kier alpha value is -6.42. The van der Waals surface area contributed by atoms with Crippen molar-refractivity contribution in [2.45, 2.75) is 64.5 Å². The lowest BCUT2D eigenvalue weighted by Crippen LogP contribution is -2.23. The molecular weight excluding hydrogens is 843 g/mol. The molecule has 4 aromatic heterocycles. The van der Waals surface area contributed by atoms with Crippen LogP contribution in [0.5, 0.6) is 23.0 Å². The number of hydrogen-bond donors (Lipinski definition) is 0. The SMILES string of the molecule is Cc1nnc(-c2ccc(OC3=NO[C@@](C)(c4ccc(OC(F)(F)F)cc4)C3)cn2)s1.Cc1nnc(-c2ccc(OC3=NO[C@](C)(c4ccc(OC(F)(F)F)cc4)C3)cn2)s1. The monoisotopic (exact) mass is 872 g/mol. The van der Waals surface area contributed by atoms with E-state index in [1.165, 1.54) is 71.2 Å². The van der Waals surface area contributed by atoms with Crippen molar-refractivity contribution in [1.29, 1.82) is 0 Å². The zero-order chi connectivity index (χ0) is 42.7. The minimum absolute atomic E-state index is 0.295. The Labute approximate surface area is 344 Å². The molecule has 2 aliphatic heterocycles. The lowest BCUT2D eigenvalue weighted by atomic mass is 9.93. The van der Waals surface area contributed by atoms with Crippen LogP contribution in [0.15, 0.2) is 95.5 Å². The highest BCUT2D eigenvalue weighted by Crippen LogP contribution is 2.38. The first kappa shape index (κ1) is 41.7. The van der Waals surface area contributed by atoms with E-state index in [0.717, 1.165) is 10.0 Å². The van der Waals surface area contributed by atoms with E-state index in [0.29, 0.717) is 68.7 Å². The Kier molecular flexibility index (Phi) is 11.6. The van der Waals surface area contributed by atoms with E-state index in [4.69, 9.17) is 19.1 Å². The smallest absolute Gasteiger partial charge is 0.438 e. The van der Waals surface area contributed by atoms with Gasteiger partial charge in [-0.15, -0.1) is 46.7 Å². The fraction of sp³-hybridized carbons (Fsp3) is 0.263. The van der Waals surface area contributed by atoms with Crippen LogP contribution in [-0.2, 0) is 20.9 Å². The zero-order valence-corrected chi connectivity index (χ0v) is 33.2. The maximum atomic E-state index is 12.3. The molecule has 6 aromatic rings. The first-order valence-corrected chi connectivity index (χ1v) is 19.2. The number of oxime groups is 2. The molecule has 60 heavy (non-hydrogen) atoms. The van der Waals surface area contributed by atoms with Gasteiger partial charge in [0.25, 0.3) is 0 Å². The molecule has 0 unspecified atom stereocenters. The van der Waals surface area contributed by atoms with E-state index in [1.54, 1.807) is 50.5 Å². The van der Waals surface area contributed by atoms with Crippen molar-refractivity contribution in [1.82, 2.24) is 30.4 Å². The summed E-state index contributed by atoms with van der Waals surface area (Å²) < 4.78 is 93.1. The molecule has 0 bridgehead atoms. The van der Waals surface area contributed by atoms with Crippen LogP contribution in [0.3, 0.4) is 0 Å². The predicted octanol–water partition coefficient (Wildman–Crippen LogP) is 9.67. The van der Waals surface area contributed by atoms with Gasteiger partial charge in [0.2, 0.25) is 11.8 Å². The first-order valence-electron chi connectivity index (χ1n) is 17.5. The number of ether oxygens (including phenoxy) is 4. The molecule has 2 aromatic carbocycles. The van der Waals surface area contributed by atoms with Crippen LogP contribution in [0.1, 0.15) is 47.8 Å². The van der Waals surface area contributed by atoms with Crippen LogP contribution in [0.25, 0.3) is 21.4 Å². The van der Waals surface area contributed by atoms with Crippen molar-refractivity contribution in [3.63, 3.8) is 0 Å². The molecule has 0 radical (unpaired) electrons. The lowest BCUT2D eigenvalue weighted by molar-refractivity contribution is -0.275. The van der Waals surface area contributed by atoms with Crippen LogP contribution < -0.4 is 18.9 Å². The number of hydrogen-bond acceptors (Lipinski definition) is 16. The summed E-state index contributed by atoms with van der Waals surface area (Å²) in [4.78, 5) is 19.7. The molecule has 2 aliphatic rings. The largest absolute Gasteiger partial charge is 0.573 e. The topological polar surface area (TPSA) is 157 Å². The molecule has 0 aliphatic carbocycles. The molecule has 22 heteroatoms. The lowest BCUT2D eigenvalue weighted by Gasteiger charge is -2.21. The quantitative estimate of drug-likeness (QED) is 0.134. The van der Waals surface area contributed by atoms with Crippen LogP contribution in [0.2, 0.25) is 0 Å². The minimum Gasteiger partial charge on any atom is -0.438 e. The van der Waals surface area contributed by atoms with Crippen molar-refractivity contribution >= 4 is 34.5 Å². The third-order valence-electron chi connectivity index (χ3n) is 8.51. The van der Waals surface area contributed by atoms with E-state index in [-0.39, 0.29) is 11.5 Å². The second kappa shape index (κ2) is 16.7. The normalized spacial score (nSPS) is 18.6. The Morgan fingerprint density at radius 1 is 0.533 bits per heavy atom. The molecule has 0 saturated carbocycles. The number of aryl methyl sites for hydroxylation is 2. The van der Waals surface area contributed by atoms with Gasteiger partial charge >= 0.3 is 12.7 Å².